The van der Waals surface area contributed by atoms with Crippen LogP contribution >= 0.6 is 23.4 Å². The normalized spacial score (nSPS) is 23.7. The molecule has 1 saturated heterocycles. The summed E-state index contributed by atoms with van der Waals surface area (Å²) in [5, 5.41) is 6.03. The van der Waals surface area contributed by atoms with Crippen LogP contribution < -0.4 is 5.56 Å². The maximum Gasteiger partial charge on any atom is 0.265 e. The van der Waals surface area contributed by atoms with E-state index in [0.29, 0.717) is 39.5 Å². The summed E-state index contributed by atoms with van der Waals surface area (Å²) in [6.07, 6.45) is 4.41. The van der Waals surface area contributed by atoms with E-state index in [1.54, 1.807) is 27.6 Å². The minimum absolute atomic E-state index is 0.0330. The quantitative estimate of drug-likeness (QED) is 0.398. The minimum atomic E-state index is -0.609. The summed E-state index contributed by atoms with van der Waals surface area (Å²) in [5.41, 5.74) is 0.456. The molecular formula is C26H32ClN5O3S. The third kappa shape index (κ3) is 4.46. The Hall–Kier alpha value is -2.36. The van der Waals surface area contributed by atoms with Crippen molar-refractivity contribution in [2.24, 2.45) is 5.92 Å². The molecule has 5 rings (SSSR count). The monoisotopic (exact) mass is 529 g/mol. The predicted octanol–water partition coefficient (Wildman–Crippen LogP) is 5.06. The maximum absolute atomic E-state index is 13.7. The van der Waals surface area contributed by atoms with E-state index in [9.17, 15) is 9.59 Å². The van der Waals surface area contributed by atoms with Crippen LogP contribution in [0.15, 0.2) is 40.4 Å². The van der Waals surface area contributed by atoms with E-state index in [0.717, 1.165) is 24.9 Å². The van der Waals surface area contributed by atoms with Crippen LogP contribution in [0, 0.1) is 5.92 Å². The Bertz CT molecular complexity index is 1360. The van der Waals surface area contributed by atoms with Gasteiger partial charge in [0.2, 0.25) is 5.91 Å². The van der Waals surface area contributed by atoms with Crippen LogP contribution in [0.1, 0.15) is 59.4 Å². The lowest BCUT2D eigenvalue weighted by molar-refractivity contribution is -0.151. The zero-order valence-corrected chi connectivity index (χ0v) is 22.7. The van der Waals surface area contributed by atoms with Crippen LogP contribution in [0.25, 0.3) is 16.7 Å². The Morgan fingerprint density at radius 2 is 2.14 bits per heavy atom. The molecule has 2 aromatic heterocycles. The van der Waals surface area contributed by atoms with Crippen molar-refractivity contribution in [3.05, 3.63) is 45.8 Å². The van der Waals surface area contributed by atoms with Gasteiger partial charge in [-0.25, -0.2) is 9.67 Å². The Balaban J connectivity index is 1.44. The molecular weight excluding hydrogens is 498 g/mol. The maximum atomic E-state index is 13.7. The fourth-order valence-corrected chi connectivity index (χ4v) is 6.52. The van der Waals surface area contributed by atoms with Crippen molar-refractivity contribution in [1.29, 1.82) is 0 Å². The molecule has 8 nitrogen and oxygen atoms in total. The minimum Gasteiger partial charge on any atom is -0.354 e. The summed E-state index contributed by atoms with van der Waals surface area (Å²) in [7, 11) is 0. The summed E-state index contributed by atoms with van der Waals surface area (Å²) < 4.78 is 9.51. The molecule has 0 spiro atoms. The number of hydrogen-bond donors (Lipinski definition) is 0. The molecule has 0 N–H and O–H groups in total. The molecule has 2 aliphatic rings. The third-order valence-electron chi connectivity index (χ3n) is 7.22. The second-order valence-corrected chi connectivity index (χ2v) is 11.7. The molecule has 36 heavy (non-hydrogen) atoms. The first-order chi connectivity index (χ1) is 17.2. The Morgan fingerprint density at radius 1 is 1.33 bits per heavy atom. The summed E-state index contributed by atoms with van der Waals surface area (Å²) in [4.78, 5) is 34.0. The number of thioether (sulfide) groups is 1. The van der Waals surface area contributed by atoms with Gasteiger partial charge in [0, 0.05) is 17.2 Å². The van der Waals surface area contributed by atoms with E-state index in [-0.39, 0.29) is 30.0 Å². The van der Waals surface area contributed by atoms with Crippen LogP contribution in [0.3, 0.4) is 0 Å². The van der Waals surface area contributed by atoms with Crippen molar-refractivity contribution in [1.82, 2.24) is 24.2 Å². The van der Waals surface area contributed by atoms with Gasteiger partial charge in [0.1, 0.15) is 11.1 Å². The number of nitrogens with zero attached hydrogens (tertiary/aromatic N) is 5. The second-order valence-electron chi connectivity index (χ2n) is 10.3. The van der Waals surface area contributed by atoms with Gasteiger partial charge in [0.15, 0.2) is 10.8 Å². The van der Waals surface area contributed by atoms with Crippen molar-refractivity contribution in [3.63, 3.8) is 0 Å². The van der Waals surface area contributed by atoms with E-state index in [2.05, 4.69) is 25.9 Å². The van der Waals surface area contributed by atoms with Crippen molar-refractivity contribution >= 4 is 40.3 Å². The first-order valence-electron chi connectivity index (χ1n) is 12.6. The Kier molecular flexibility index (Phi) is 6.91. The summed E-state index contributed by atoms with van der Waals surface area (Å²) in [6.45, 7) is 9.04. The number of ether oxygens (including phenoxy) is 1. The molecule has 10 heteroatoms. The summed E-state index contributed by atoms with van der Waals surface area (Å²) >= 11 is 7.66. The van der Waals surface area contributed by atoms with Crippen molar-refractivity contribution < 1.29 is 9.53 Å². The highest BCUT2D eigenvalue weighted by Crippen LogP contribution is 2.38. The molecule has 0 bridgehead atoms. The number of fused-ring (bicyclic) bond motifs is 2. The molecule has 1 aromatic carbocycles. The van der Waals surface area contributed by atoms with Crippen molar-refractivity contribution in [2.45, 2.75) is 76.3 Å². The van der Waals surface area contributed by atoms with Gasteiger partial charge < -0.3 is 9.64 Å². The van der Waals surface area contributed by atoms with Crippen LogP contribution in [0.2, 0.25) is 5.02 Å². The van der Waals surface area contributed by atoms with E-state index in [4.69, 9.17) is 21.3 Å². The zero-order chi connectivity index (χ0) is 25.6. The molecule has 0 saturated carbocycles. The number of amides is 1. The highest BCUT2D eigenvalue weighted by atomic mass is 35.5. The highest BCUT2D eigenvalue weighted by molar-refractivity contribution is 7.99. The smallest absolute Gasteiger partial charge is 0.265 e. The SMILES string of the molecule is CCC1COC(C)(CCC(C)C)N1C(=O)CC1CSc2nc3c(cnn3-c3cccc(Cl)c3)c(=O)n21. The molecule has 1 fully saturated rings. The molecule has 3 unspecified atom stereocenters. The van der Waals surface area contributed by atoms with E-state index in [1.807, 2.05) is 24.0 Å². The second kappa shape index (κ2) is 9.84. The van der Waals surface area contributed by atoms with E-state index >= 15 is 0 Å². The van der Waals surface area contributed by atoms with Gasteiger partial charge in [-0.1, -0.05) is 50.2 Å². The predicted molar refractivity (Wildman–Crippen MR) is 142 cm³/mol. The van der Waals surface area contributed by atoms with E-state index in [1.165, 1.54) is 11.8 Å². The molecule has 0 radical (unpaired) electrons. The molecule has 0 aliphatic carbocycles. The molecule has 3 aromatic rings. The van der Waals surface area contributed by atoms with Gasteiger partial charge in [-0.15, -0.1) is 0 Å². The highest BCUT2D eigenvalue weighted by Gasteiger charge is 2.46. The number of hydrogen-bond acceptors (Lipinski definition) is 6. The molecule has 3 atom stereocenters. The fourth-order valence-electron chi connectivity index (χ4n) is 5.20. The standard InChI is InChI=1S/C26H32ClN5O3S/c1-5-18-14-35-26(4,10-9-16(2)3)31(18)22(33)12-20-15-36-25-29-23-21(24(34)30(20)25)13-28-32(23)19-8-6-7-17(27)11-19/h6-8,11,13,16,18,20H,5,9-10,12,14-15H2,1-4H3. The summed E-state index contributed by atoms with van der Waals surface area (Å²) in [6, 6.07) is 7.07. The number of aromatic nitrogens is 4. The first kappa shape index (κ1) is 25.3. The topological polar surface area (TPSA) is 82.2 Å². The van der Waals surface area contributed by atoms with Crippen molar-refractivity contribution in [2.75, 3.05) is 12.4 Å². The number of halogens is 1. The van der Waals surface area contributed by atoms with Crippen LogP contribution in [-0.2, 0) is 9.53 Å². The average molecular weight is 530 g/mol. The van der Waals surface area contributed by atoms with E-state index < -0.39 is 5.72 Å². The average Bonchev–Trinajstić information content (AvgIpc) is 3.54. The van der Waals surface area contributed by atoms with Gasteiger partial charge >= 0.3 is 0 Å². The fraction of sp³-hybridized carbons (Fsp3) is 0.538. The molecule has 1 amide bonds. The summed E-state index contributed by atoms with van der Waals surface area (Å²) in [5.74, 6) is 1.19. The van der Waals surface area contributed by atoms with Crippen LogP contribution in [0.4, 0.5) is 0 Å². The van der Waals surface area contributed by atoms with Gasteiger partial charge in [-0.05, 0) is 50.3 Å². The van der Waals surface area contributed by atoms with Gasteiger partial charge in [-0.3, -0.25) is 14.2 Å². The Morgan fingerprint density at radius 3 is 2.86 bits per heavy atom. The van der Waals surface area contributed by atoms with Gasteiger partial charge in [-0.2, -0.15) is 5.10 Å². The molecule has 192 valence electrons. The first-order valence-corrected chi connectivity index (χ1v) is 13.9. The third-order valence-corrected chi connectivity index (χ3v) is 8.55. The largest absolute Gasteiger partial charge is 0.354 e. The number of carbonyl (C=O) groups is 1. The van der Waals surface area contributed by atoms with Gasteiger partial charge in [0.05, 0.1) is 30.6 Å². The van der Waals surface area contributed by atoms with Gasteiger partial charge in [0.25, 0.3) is 5.56 Å². The number of benzene rings is 1. The molecule has 2 aliphatic heterocycles. The van der Waals surface area contributed by atoms with Crippen LogP contribution in [-0.4, -0.2) is 54.3 Å². The Labute approximate surface area is 220 Å². The molecule has 4 heterocycles. The lowest BCUT2D eigenvalue weighted by Crippen LogP contribution is -2.50. The lowest BCUT2D eigenvalue weighted by atomic mass is 9.99. The zero-order valence-electron chi connectivity index (χ0n) is 21.1. The van der Waals surface area contributed by atoms with Crippen molar-refractivity contribution in [3.8, 4) is 5.69 Å². The van der Waals surface area contributed by atoms with Crippen LogP contribution in [0.5, 0.6) is 0 Å². The lowest BCUT2D eigenvalue weighted by Gasteiger charge is -2.37. The number of carbonyl (C=O) groups excluding carboxylic acids is 1. The number of rotatable bonds is 7.